The van der Waals surface area contributed by atoms with Gasteiger partial charge in [-0.3, -0.25) is 0 Å². The van der Waals surface area contributed by atoms with E-state index in [0.717, 1.165) is 11.3 Å². The van der Waals surface area contributed by atoms with Crippen LogP contribution in [0.2, 0.25) is 0 Å². The Balaban J connectivity index is 2.15. The average molecular weight is 429 g/mol. The number of nitrogens with zero attached hydrogens (tertiary/aromatic N) is 1. The normalized spacial score (nSPS) is 20.4. The molecule has 0 N–H and O–H groups in total. The third-order valence-electron chi connectivity index (χ3n) is 4.85. The van der Waals surface area contributed by atoms with Crippen LogP contribution >= 0.6 is 22.6 Å². The second-order valence-electron chi connectivity index (χ2n) is 6.60. The smallest absolute Gasteiger partial charge is 0.145 e. The van der Waals surface area contributed by atoms with Crippen molar-refractivity contribution in [1.29, 1.82) is 0 Å². The lowest BCUT2D eigenvalue weighted by Crippen LogP contribution is -2.04. The minimum Gasteiger partial charge on any atom is -0.456 e. The fourth-order valence-electron chi connectivity index (χ4n) is 3.50. The lowest BCUT2D eigenvalue weighted by Gasteiger charge is -2.10. The molecule has 1 unspecified atom stereocenters. The van der Waals surface area contributed by atoms with Crippen molar-refractivity contribution in [3.63, 3.8) is 0 Å². The molecule has 0 spiro atoms. The van der Waals surface area contributed by atoms with Crippen LogP contribution in [0, 0.1) is 6.92 Å². The molecule has 24 heavy (non-hydrogen) atoms. The molecule has 0 saturated carbocycles. The molecule has 0 bridgehead atoms. The number of rotatable bonds is 1. The zero-order valence-corrected chi connectivity index (χ0v) is 16.5. The maximum Gasteiger partial charge on any atom is 0.145 e. The summed E-state index contributed by atoms with van der Waals surface area (Å²) in [6.45, 7) is 6.36. The predicted octanol–water partition coefficient (Wildman–Crippen LogP) is 6.50. The summed E-state index contributed by atoms with van der Waals surface area (Å²) in [6, 6.07) is 4.39. The predicted molar refractivity (Wildman–Crippen MR) is 113 cm³/mol. The molecule has 2 heterocycles. The number of benzene rings is 1. The molecule has 1 atom stereocenters. The molecule has 0 fully saturated rings. The number of alkyl halides is 1. The van der Waals surface area contributed by atoms with Crippen LogP contribution in [0.25, 0.3) is 40.1 Å². The lowest BCUT2D eigenvalue weighted by atomic mass is 10.1. The van der Waals surface area contributed by atoms with Gasteiger partial charge >= 0.3 is 0 Å². The standard InChI is InChI=1S/C21H20INO/c1-5-6-18-13(2)14-7-8-17-19(20(14)24-18)15-9-11-21(3,22)12-10-16(15)23(17)4/h5-12H,1-4H3/b6-5-. The van der Waals surface area contributed by atoms with Crippen LogP contribution < -0.4 is 0 Å². The van der Waals surface area contributed by atoms with Gasteiger partial charge < -0.3 is 8.98 Å². The minimum absolute atomic E-state index is 0.0339. The Morgan fingerprint density at radius 1 is 1.21 bits per heavy atom. The highest BCUT2D eigenvalue weighted by Gasteiger charge is 2.22. The Morgan fingerprint density at radius 2 is 1.96 bits per heavy atom. The van der Waals surface area contributed by atoms with E-state index < -0.39 is 0 Å². The molecule has 3 aromatic rings. The van der Waals surface area contributed by atoms with Crippen LogP contribution in [0.4, 0.5) is 0 Å². The highest BCUT2D eigenvalue weighted by atomic mass is 127. The van der Waals surface area contributed by atoms with Crippen LogP contribution in [0.3, 0.4) is 0 Å². The lowest BCUT2D eigenvalue weighted by molar-refractivity contribution is 0.604. The van der Waals surface area contributed by atoms with Gasteiger partial charge in [-0.2, -0.15) is 0 Å². The van der Waals surface area contributed by atoms with Crippen molar-refractivity contribution in [3.05, 3.63) is 52.9 Å². The van der Waals surface area contributed by atoms with Gasteiger partial charge in [-0.1, -0.05) is 46.9 Å². The highest BCUT2D eigenvalue weighted by molar-refractivity contribution is 14.1. The van der Waals surface area contributed by atoms with E-state index in [2.05, 4.69) is 84.5 Å². The molecular formula is C21H20INO. The molecule has 0 amide bonds. The first kappa shape index (κ1) is 15.8. The van der Waals surface area contributed by atoms with E-state index in [1.54, 1.807) is 0 Å². The summed E-state index contributed by atoms with van der Waals surface area (Å²) in [6.07, 6.45) is 13.1. The zero-order valence-electron chi connectivity index (χ0n) is 14.4. The number of hydrogen-bond acceptors (Lipinski definition) is 1. The van der Waals surface area contributed by atoms with Crippen LogP contribution in [0.5, 0.6) is 0 Å². The first-order valence-corrected chi connectivity index (χ1v) is 9.25. The Labute approximate surface area is 155 Å². The molecule has 1 aliphatic carbocycles. The molecule has 4 rings (SSSR count). The van der Waals surface area contributed by atoms with E-state index in [0.29, 0.717) is 0 Å². The van der Waals surface area contributed by atoms with Gasteiger partial charge in [0.2, 0.25) is 0 Å². The summed E-state index contributed by atoms with van der Waals surface area (Å²) < 4.78 is 8.56. The third kappa shape index (κ3) is 2.21. The topological polar surface area (TPSA) is 18.1 Å². The molecule has 0 saturated heterocycles. The monoisotopic (exact) mass is 429 g/mol. The largest absolute Gasteiger partial charge is 0.456 e. The summed E-state index contributed by atoms with van der Waals surface area (Å²) in [4.78, 5) is 0. The fourth-order valence-corrected chi connectivity index (χ4v) is 3.86. The maximum absolute atomic E-state index is 6.26. The van der Waals surface area contributed by atoms with E-state index in [1.807, 2.05) is 19.1 Å². The third-order valence-corrected chi connectivity index (χ3v) is 5.57. The molecule has 1 aromatic carbocycles. The SMILES string of the molecule is C/C=C\c1oc2c(ccc3c2c2c(n3C)C=CC(C)(I)C=C2)c1C. The molecule has 0 aliphatic heterocycles. The zero-order chi connectivity index (χ0) is 17.1. The van der Waals surface area contributed by atoms with Crippen molar-refractivity contribution in [2.45, 2.75) is 24.2 Å². The maximum atomic E-state index is 6.26. The van der Waals surface area contributed by atoms with Gasteiger partial charge in [-0.15, -0.1) is 0 Å². The Morgan fingerprint density at radius 3 is 2.71 bits per heavy atom. The van der Waals surface area contributed by atoms with Crippen molar-refractivity contribution in [2.75, 3.05) is 0 Å². The van der Waals surface area contributed by atoms with Gasteiger partial charge in [0.25, 0.3) is 0 Å². The summed E-state index contributed by atoms with van der Waals surface area (Å²) in [7, 11) is 2.13. The quantitative estimate of drug-likeness (QED) is 0.319. The van der Waals surface area contributed by atoms with Gasteiger partial charge in [0.1, 0.15) is 11.3 Å². The molecule has 122 valence electrons. The number of allylic oxidation sites excluding steroid dienone is 3. The first-order valence-electron chi connectivity index (χ1n) is 8.17. The van der Waals surface area contributed by atoms with E-state index in [-0.39, 0.29) is 3.42 Å². The number of hydrogen-bond donors (Lipinski definition) is 0. The summed E-state index contributed by atoms with van der Waals surface area (Å²) in [5.41, 5.74) is 5.88. The molecule has 3 heteroatoms. The molecule has 0 radical (unpaired) electrons. The molecule has 2 nitrogen and oxygen atoms in total. The molecule has 2 aromatic heterocycles. The number of fused-ring (bicyclic) bond motifs is 5. The minimum atomic E-state index is 0.0339. The van der Waals surface area contributed by atoms with Crippen LogP contribution in [0.15, 0.2) is 34.8 Å². The Hall–Kier alpha value is -1.75. The second-order valence-corrected chi connectivity index (χ2v) is 8.93. The van der Waals surface area contributed by atoms with E-state index >= 15 is 0 Å². The second kappa shape index (κ2) is 5.38. The Bertz CT molecular complexity index is 1060. The highest BCUT2D eigenvalue weighted by Crippen LogP contribution is 2.39. The van der Waals surface area contributed by atoms with Gasteiger partial charge in [-0.25, -0.2) is 0 Å². The molecule has 1 aliphatic rings. The van der Waals surface area contributed by atoms with E-state index in [4.69, 9.17) is 4.42 Å². The number of furan rings is 1. The van der Waals surface area contributed by atoms with Gasteiger partial charge in [0, 0.05) is 29.3 Å². The summed E-state index contributed by atoms with van der Waals surface area (Å²) in [5, 5.41) is 2.40. The van der Waals surface area contributed by atoms with Crippen LogP contribution in [-0.2, 0) is 7.05 Å². The average Bonchev–Trinajstić information content (AvgIpc) is 2.93. The van der Waals surface area contributed by atoms with Gasteiger partial charge in [0.05, 0.1) is 14.3 Å². The molecular weight excluding hydrogens is 409 g/mol. The van der Waals surface area contributed by atoms with Crippen molar-refractivity contribution < 1.29 is 4.42 Å². The van der Waals surface area contributed by atoms with Gasteiger partial charge in [0.15, 0.2) is 0 Å². The summed E-state index contributed by atoms with van der Waals surface area (Å²) in [5.74, 6) is 0.949. The van der Waals surface area contributed by atoms with E-state index in [1.165, 1.54) is 33.1 Å². The summed E-state index contributed by atoms with van der Waals surface area (Å²) >= 11 is 2.47. The van der Waals surface area contributed by atoms with Crippen molar-refractivity contribution >= 4 is 62.7 Å². The van der Waals surface area contributed by atoms with Crippen molar-refractivity contribution in [1.82, 2.24) is 4.57 Å². The van der Waals surface area contributed by atoms with Crippen LogP contribution in [0.1, 0.15) is 36.4 Å². The Kier molecular flexibility index (Phi) is 3.53. The first-order chi connectivity index (χ1) is 11.4. The fraction of sp³-hybridized carbons (Fsp3) is 0.238. The number of halogens is 1. The van der Waals surface area contributed by atoms with Crippen LogP contribution in [-0.4, -0.2) is 7.99 Å². The number of aromatic nitrogens is 1. The van der Waals surface area contributed by atoms with Gasteiger partial charge in [-0.05, 0) is 45.1 Å². The number of aryl methyl sites for hydroxylation is 2. The van der Waals surface area contributed by atoms with Crippen molar-refractivity contribution in [2.24, 2.45) is 7.05 Å². The van der Waals surface area contributed by atoms with E-state index in [9.17, 15) is 0 Å². The van der Waals surface area contributed by atoms with Crippen molar-refractivity contribution in [3.8, 4) is 0 Å².